The summed E-state index contributed by atoms with van der Waals surface area (Å²) in [6.45, 7) is 0. The molecule has 0 saturated heterocycles. The van der Waals surface area contributed by atoms with Crippen LogP contribution in [0.3, 0.4) is 0 Å². The first-order valence-corrected chi connectivity index (χ1v) is 15.6. The molecular formula is C40H25N3S. The maximum Gasteiger partial charge on any atom is 0.235 e. The molecule has 9 rings (SSSR count). The summed E-state index contributed by atoms with van der Waals surface area (Å²) in [5.41, 5.74) is 8.45. The van der Waals surface area contributed by atoms with Crippen LogP contribution in [0.25, 0.3) is 81.6 Å². The quantitative estimate of drug-likeness (QED) is 0.208. The van der Waals surface area contributed by atoms with Crippen LogP contribution in [-0.4, -0.2) is 14.5 Å². The highest BCUT2D eigenvalue weighted by Gasteiger charge is 2.20. The van der Waals surface area contributed by atoms with Gasteiger partial charge in [0.15, 0.2) is 0 Å². The van der Waals surface area contributed by atoms with Gasteiger partial charge in [-0.2, -0.15) is 0 Å². The van der Waals surface area contributed by atoms with E-state index in [4.69, 9.17) is 9.97 Å². The van der Waals surface area contributed by atoms with E-state index in [1.54, 1.807) is 0 Å². The molecular weight excluding hydrogens is 555 g/mol. The average Bonchev–Trinajstić information content (AvgIpc) is 3.65. The third-order valence-electron chi connectivity index (χ3n) is 8.43. The molecule has 0 N–H and O–H groups in total. The monoisotopic (exact) mass is 579 g/mol. The Kier molecular flexibility index (Phi) is 5.68. The summed E-state index contributed by atoms with van der Waals surface area (Å²) in [6, 6.07) is 53.5. The molecule has 3 heterocycles. The highest BCUT2D eigenvalue weighted by molar-refractivity contribution is 7.26. The van der Waals surface area contributed by atoms with E-state index < -0.39 is 0 Å². The van der Waals surface area contributed by atoms with Crippen LogP contribution in [0.5, 0.6) is 0 Å². The van der Waals surface area contributed by atoms with Gasteiger partial charge in [0, 0.05) is 42.1 Å². The van der Waals surface area contributed by atoms with Crippen molar-refractivity contribution in [3.8, 4) is 39.6 Å². The third kappa shape index (κ3) is 3.96. The molecule has 0 radical (unpaired) electrons. The molecule has 206 valence electrons. The van der Waals surface area contributed by atoms with E-state index in [2.05, 4.69) is 150 Å². The second-order valence-corrected chi connectivity index (χ2v) is 12.1. The topological polar surface area (TPSA) is 30.7 Å². The van der Waals surface area contributed by atoms with Gasteiger partial charge in [-0.3, -0.25) is 4.57 Å². The summed E-state index contributed by atoms with van der Waals surface area (Å²) in [5.74, 6) is 0.665. The minimum absolute atomic E-state index is 0.665. The van der Waals surface area contributed by atoms with E-state index in [1.807, 2.05) is 17.4 Å². The Labute approximate surface area is 258 Å². The number of rotatable bonds is 4. The van der Waals surface area contributed by atoms with Gasteiger partial charge in [-0.1, -0.05) is 121 Å². The fourth-order valence-electron chi connectivity index (χ4n) is 6.38. The van der Waals surface area contributed by atoms with Crippen LogP contribution in [0.1, 0.15) is 0 Å². The summed E-state index contributed by atoms with van der Waals surface area (Å²) in [5, 5.41) is 5.05. The first-order chi connectivity index (χ1) is 21.8. The van der Waals surface area contributed by atoms with Crippen molar-refractivity contribution in [1.82, 2.24) is 14.5 Å². The van der Waals surface area contributed by atoms with Crippen LogP contribution in [-0.2, 0) is 0 Å². The smallest absolute Gasteiger partial charge is 0.235 e. The number of hydrogen-bond donors (Lipinski definition) is 0. The molecule has 0 saturated carbocycles. The van der Waals surface area contributed by atoms with Gasteiger partial charge in [-0.15, -0.1) is 11.3 Å². The fraction of sp³-hybridized carbons (Fsp3) is 0. The Morgan fingerprint density at radius 1 is 0.432 bits per heavy atom. The normalized spacial score (nSPS) is 11.6. The van der Waals surface area contributed by atoms with E-state index in [0.717, 1.165) is 39.1 Å². The Morgan fingerprint density at radius 2 is 1.07 bits per heavy atom. The summed E-state index contributed by atoms with van der Waals surface area (Å²) in [7, 11) is 0. The van der Waals surface area contributed by atoms with Gasteiger partial charge in [0.25, 0.3) is 0 Å². The first-order valence-electron chi connectivity index (χ1n) is 14.8. The van der Waals surface area contributed by atoms with Crippen molar-refractivity contribution in [1.29, 1.82) is 0 Å². The number of thiophene rings is 1. The van der Waals surface area contributed by atoms with Gasteiger partial charge in [0.05, 0.1) is 22.4 Å². The molecule has 0 atom stereocenters. The zero-order valence-corrected chi connectivity index (χ0v) is 24.5. The lowest BCUT2D eigenvalue weighted by Crippen LogP contribution is -2.04. The lowest BCUT2D eigenvalue weighted by atomic mass is 10.0. The van der Waals surface area contributed by atoms with Crippen LogP contribution >= 0.6 is 11.3 Å². The predicted octanol–water partition coefficient (Wildman–Crippen LogP) is 10.9. The van der Waals surface area contributed by atoms with Gasteiger partial charge in [0.2, 0.25) is 5.95 Å². The van der Waals surface area contributed by atoms with Gasteiger partial charge in [-0.05, 0) is 41.5 Å². The molecule has 0 unspecified atom stereocenters. The van der Waals surface area contributed by atoms with Crippen molar-refractivity contribution in [2.24, 2.45) is 0 Å². The number of hydrogen-bond acceptors (Lipinski definition) is 3. The molecule has 3 aromatic heterocycles. The zero-order chi connectivity index (χ0) is 29.0. The fourth-order valence-corrected chi connectivity index (χ4v) is 7.64. The Hall–Kier alpha value is -5.58. The molecule has 9 aromatic rings. The van der Waals surface area contributed by atoms with Crippen molar-refractivity contribution >= 4 is 53.3 Å². The summed E-state index contributed by atoms with van der Waals surface area (Å²) in [6.07, 6.45) is 0. The summed E-state index contributed by atoms with van der Waals surface area (Å²) in [4.78, 5) is 10.5. The van der Waals surface area contributed by atoms with Gasteiger partial charge >= 0.3 is 0 Å². The van der Waals surface area contributed by atoms with E-state index in [0.29, 0.717) is 5.95 Å². The molecule has 0 bridgehead atoms. The Morgan fingerprint density at radius 3 is 1.89 bits per heavy atom. The largest absolute Gasteiger partial charge is 0.278 e. The number of fused-ring (bicyclic) bond motifs is 7. The van der Waals surface area contributed by atoms with E-state index in [-0.39, 0.29) is 0 Å². The lowest BCUT2D eigenvalue weighted by Gasteiger charge is -2.12. The zero-order valence-electron chi connectivity index (χ0n) is 23.7. The van der Waals surface area contributed by atoms with Crippen LogP contribution in [0, 0.1) is 0 Å². The number of benzene rings is 6. The first kappa shape index (κ1) is 25.0. The highest BCUT2D eigenvalue weighted by Crippen LogP contribution is 2.43. The molecule has 4 heteroatoms. The van der Waals surface area contributed by atoms with Crippen molar-refractivity contribution in [3.05, 3.63) is 152 Å². The SMILES string of the molecule is c1ccc(-c2cccc(-c3cc(-c4ccccc4)nc(-n4c5ccccc5c5c6sc7ccccc7c6ccc54)n3)c2)cc1. The van der Waals surface area contributed by atoms with Crippen molar-refractivity contribution in [2.75, 3.05) is 0 Å². The maximum absolute atomic E-state index is 5.28. The second-order valence-electron chi connectivity index (χ2n) is 11.0. The molecule has 0 spiro atoms. The number of aromatic nitrogens is 3. The molecule has 0 aliphatic heterocycles. The van der Waals surface area contributed by atoms with E-state index in [9.17, 15) is 0 Å². The van der Waals surface area contributed by atoms with Crippen LogP contribution < -0.4 is 0 Å². The molecule has 3 nitrogen and oxygen atoms in total. The van der Waals surface area contributed by atoms with Crippen molar-refractivity contribution in [2.45, 2.75) is 0 Å². The van der Waals surface area contributed by atoms with E-state index >= 15 is 0 Å². The standard InChI is InChI=1S/C40H25N3S/c1-3-12-26(13-4-1)28-16-11-17-29(24-28)34-25-33(27-14-5-2-6-15-27)41-40(42-34)43-35-20-9-7-19-32(35)38-36(43)23-22-31-30-18-8-10-21-37(30)44-39(31)38/h1-25H. The summed E-state index contributed by atoms with van der Waals surface area (Å²) < 4.78 is 4.84. The molecule has 0 amide bonds. The van der Waals surface area contributed by atoms with Crippen LogP contribution in [0.2, 0.25) is 0 Å². The van der Waals surface area contributed by atoms with Gasteiger partial charge < -0.3 is 0 Å². The predicted molar refractivity (Wildman–Crippen MR) is 186 cm³/mol. The van der Waals surface area contributed by atoms with E-state index in [1.165, 1.54) is 36.5 Å². The lowest BCUT2D eigenvalue weighted by molar-refractivity contribution is 0.996. The molecule has 0 aliphatic rings. The second kappa shape index (κ2) is 10.0. The minimum Gasteiger partial charge on any atom is -0.278 e. The van der Waals surface area contributed by atoms with Crippen LogP contribution in [0.4, 0.5) is 0 Å². The molecule has 44 heavy (non-hydrogen) atoms. The Balaban J connectivity index is 1.34. The molecule has 0 aliphatic carbocycles. The summed E-state index contributed by atoms with van der Waals surface area (Å²) >= 11 is 1.86. The van der Waals surface area contributed by atoms with Crippen LogP contribution in [0.15, 0.2) is 152 Å². The maximum atomic E-state index is 5.28. The minimum atomic E-state index is 0.665. The van der Waals surface area contributed by atoms with Crippen molar-refractivity contribution < 1.29 is 0 Å². The van der Waals surface area contributed by atoms with Crippen molar-refractivity contribution in [3.63, 3.8) is 0 Å². The van der Waals surface area contributed by atoms with Gasteiger partial charge in [-0.25, -0.2) is 9.97 Å². The molecule has 0 fully saturated rings. The highest BCUT2D eigenvalue weighted by atomic mass is 32.1. The molecule has 6 aromatic carbocycles. The third-order valence-corrected chi connectivity index (χ3v) is 9.63. The number of nitrogens with zero attached hydrogens (tertiary/aromatic N) is 3. The Bertz CT molecular complexity index is 2490. The van der Waals surface area contributed by atoms with Gasteiger partial charge in [0.1, 0.15) is 0 Å². The average molecular weight is 580 g/mol. The number of para-hydroxylation sites is 1.